The Kier molecular flexibility index (Phi) is 4.36. The molecule has 0 aromatic heterocycles. The standard InChI is InChI=1S/C14H20ClNO2/c1-9-10(12-6-4-5-7-16-12)8-11(15)14(18-3)13(9)17-2/h8,12,16H,4-7H2,1-3H3. The number of piperidine rings is 1. The number of ether oxygens (including phenoxy) is 2. The number of rotatable bonds is 3. The van der Waals surface area contributed by atoms with Crippen LogP contribution in [0.2, 0.25) is 5.02 Å². The average molecular weight is 270 g/mol. The van der Waals surface area contributed by atoms with Crippen LogP contribution in [-0.2, 0) is 0 Å². The Hall–Kier alpha value is -0.930. The zero-order valence-corrected chi connectivity index (χ0v) is 11.9. The number of hydrogen-bond donors (Lipinski definition) is 1. The van der Waals surface area contributed by atoms with Crippen LogP contribution in [-0.4, -0.2) is 20.8 Å². The lowest BCUT2D eigenvalue weighted by molar-refractivity contribution is 0.349. The largest absolute Gasteiger partial charge is 0.493 e. The minimum Gasteiger partial charge on any atom is -0.493 e. The minimum atomic E-state index is 0.371. The summed E-state index contributed by atoms with van der Waals surface area (Å²) in [5, 5.41) is 4.15. The molecule has 0 radical (unpaired) electrons. The van der Waals surface area contributed by atoms with E-state index < -0.39 is 0 Å². The number of halogens is 1. The van der Waals surface area contributed by atoms with Gasteiger partial charge in [0.2, 0.25) is 0 Å². The van der Waals surface area contributed by atoms with Crippen molar-refractivity contribution in [3.8, 4) is 11.5 Å². The molecule has 18 heavy (non-hydrogen) atoms. The van der Waals surface area contributed by atoms with Crippen molar-refractivity contribution in [1.82, 2.24) is 5.32 Å². The van der Waals surface area contributed by atoms with E-state index >= 15 is 0 Å². The fraction of sp³-hybridized carbons (Fsp3) is 0.571. The predicted octanol–water partition coefficient (Wildman–Crippen LogP) is 3.48. The molecule has 1 N–H and O–H groups in total. The Morgan fingerprint density at radius 3 is 2.50 bits per heavy atom. The molecule has 3 nitrogen and oxygen atoms in total. The van der Waals surface area contributed by atoms with Crippen molar-refractivity contribution in [1.29, 1.82) is 0 Å². The summed E-state index contributed by atoms with van der Waals surface area (Å²) < 4.78 is 10.8. The maximum absolute atomic E-state index is 6.27. The predicted molar refractivity (Wildman–Crippen MR) is 73.9 cm³/mol. The van der Waals surface area contributed by atoms with Crippen LogP contribution < -0.4 is 14.8 Å². The van der Waals surface area contributed by atoms with E-state index in [0.29, 0.717) is 16.8 Å². The molecule has 2 rings (SSSR count). The van der Waals surface area contributed by atoms with Crippen LogP contribution in [0, 0.1) is 6.92 Å². The van der Waals surface area contributed by atoms with Gasteiger partial charge in [-0.1, -0.05) is 18.0 Å². The summed E-state index contributed by atoms with van der Waals surface area (Å²) >= 11 is 6.27. The maximum atomic E-state index is 6.27. The topological polar surface area (TPSA) is 30.5 Å². The summed E-state index contributed by atoms with van der Waals surface area (Å²) in [4.78, 5) is 0. The van der Waals surface area contributed by atoms with E-state index in [2.05, 4.69) is 12.2 Å². The summed E-state index contributed by atoms with van der Waals surface area (Å²) in [6.07, 6.45) is 3.65. The maximum Gasteiger partial charge on any atom is 0.179 e. The third-order valence-corrected chi connectivity index (χ3v) is 3.85. The van der Waals surface area contributed by atoms with Gasteiger partial charge in [-0.2, -0.15) is 0 Å². The molecule has 4 heteroatoms. The van der Waals surface area contributed by atoms with Gasteiger partial charge in [-0.25, -0.2) is 0 Å². The quantitative estimate of drug-likeness (QED) is 0.911. The SMILES string of the molecule is COc1c(Cl)cc(C2CCCCN2)c(C)c1OC. The minimum absolute atomic E-state index is 0.371. The van der Waals surface area contributed by atoms with Crippen molar-refractivity contribution >= 4 is 11.6 Å². The van der Waals surface area contributed by atoms with Gasteiger partial charge in [0.15, 0.2) is 11.5 Å². The molecule has 1 fully saturated rings. The second-order valence-corrected chi connectivity index (χ2v) is 5.05. The highest BCUT2D eigenvalue weighted by Gasteiger charge is 2.22. The average Bonchev–Trinajstić information content (AvgIpc) is 2.41. The normalized spacial score (nSPS) is 19.7. The van der Waals surface area contributed by atoms with E-state index in [1.54, 1.807) is 14.2 Å². The fourth-order valence-electron chi connectivity index (χ4n) is 2.64. The van der Waals surface area contributed by atoms with Crippen LogP contribution in [0.25, 0.3) is 0 Å². The molecule has 1 aromatic carbocycles. The molecule has 0 bridgehead atoms. The van der Waals surface area contributed by atoms with Crippen LogP contribution in [0.4, 0.5) is 0 Å². The van der Waals surface area contributed by atoms with E-state index in [1.165, 1.54) is 18.4 Å². The molecule has 1 saturated heterocycles. The van der Waals surface area contributed by atoms with Crippen molar-refractivity contribution in [2.45, 2.75) is 32.2 Å². The molecule has 0 amide bonds. The van der Waals surface area contributed by atoms with Crippen molar-refractivity contribution in [2.75, 3.05) is 20.8 Å². The van der Waals surface area contributed by atoms with Crippen LogP contribution >= 0.6 is 11.6 Å². The molecule has 100 valence electrons. The van der Waals surface area contributed by atoms with Crippen molar-refractivity contribution < 1.29 is 9.47 Å². The molecule has 1 aliphatic heterocycles. The van der Waals surface area contributed by atoms with E-state index in [1.807, 2.05) is 6.07 Å². The van der Waals surface area contributed by atoms with Gasteiger partial charge in [-0.05, 0) is 43.5 Å². The van der Waals surface area contributed by atoms with Gasteiger partial charge < -0.3 is 14.8 Å². The van der Waals surface area contributed by atoms with E-state index in [-0.39, 0.29) is 0 Å². The molecule has 0 saturated carbocycles. The first-order valence-corrected chi connectivity index (χ1v) is 6.71. The van der Waals surface area contributed by atoms with Crippen molar-refractivity contribution in [2.24, 2.45) is 0 Å². The first kappa shape index (κ1) is 13.5. The molecular formula is C14H20ClNO2. The summed E-state index contributed by atoms with van der Waals surface area (Å²) in [5.74, 6) is 1.36. The van der Waals surface area contributed by atoms with Gasteiger partial charge in [0.1, 0.15) is 0 Å². The van der Waals surface area contributed by atoms with Gasteiger partial charge in [0.05, 0.1) is 19.2 Å². The molecule has 1 atom stereocenters. The van der Waals surface area contributed by atoms with E-state index in [0.717, 1.165) is 24.3 Å². The van der Waals surface area contributed by atoms with E-state index in [9.17, 15) is 0 Å². The fourth-order valence-corrected chi connectivity index (χ4v) is 2.92. The number of hydrogen-bond acceptors (Lipinski definition) is 3. The monoisotopic (exact) mass is 269 g/mol. The molecule has 1 heterocycles. The summed E-state index contributed by atoms with van der Waals surface area (Å²) in [6.45, 7) is 3.12. The number of methoxy groups -OCH3 is 2. The van der Waals surface area contributed by atoms with Gasteiger partial charge in [0.25, 0.3) is 0 Å². The molecular weight excluding hydrogens is 250 g/mol. The molecule has 0 aliphatic carbocycles. The Balaban J connectivity index is 2.44. The number of nitrogens with one attached hydrogen (secondary N) is 1. The highest BCUT2D eigenvalue weighted by Crippen LogP contribution is 2.42. The van der Waals surface area contributed by atoms with Crippen LogP contribution in [0.15, 0.2) is 6.07 Å². The van der Waals surface area contributed by atoms with Gasteiger partial charge in [0, 0.05) is 6.04 Å². The third-order valence-electron chi connectivity index (χ3n) is 3.57. The molecule has 1 unspecified atom stereocenters. The van der Waals surface area contributed by atoms with Crippen LogP contribution in [0.1, 0.15) is 36.4 Å². The number of benzene rings is 1. The zero-order valence-electron chi connectivity index (χ0n) is 11.2. The summed E-state index contributed by atoms with van der Waals surface area (Å²) in [6, 6.07) is 2.37. The Labute approximate surface area is 113 Å². The third kappa shape index (κ3) is 2.43. The molecule has 1 aliphatic rings. The lowest BCUT2D eigenvalue weighted by Crippen LogP contribution is -2.27. The first-order valence-electron chi connectivity index (χ1n) is 6.33. The highest BCUT2D eigenvalue weighted by molar-refractivity contribution is 6.32. The molecule has 0 spiro atoms. The Morgan fingerprint density at radius 1 is 1.22 bits per heavy atom. The summed E-state index contributed by atoms with van der Waals surface area (Å²) in [7, 11) is 3.26. The van der Waals surface area contributed by atoms with Crippen molar-refractivity contribution in [3.63, 3.8) is 0 Å². The van der Waals surface area contributed by atoms with Gasteiger partial charge >= 0.3 is 0 Å². The zero-order chi connectivity index (χ0) is 13.1. The van der Waals surface area contributed by atoms with E-state index in [4.69, 9.17) is 21.1 Å². The lowest BCUT2D eigenvalue weighted by atomic mass is 9.93. The lowest BCUT2D eigenvalue weighted by Gasteiger charge is -2.27. The second kappa shape index (κ2) is 5.81. The Bertz CT molecular complexity index is 428. The molecule has 1 aromatic rings. The Morgan fingerprint density at radius 2 is 1.94 bits per heavy atom. The summed E-state index contributed by atoms with van der Waals surface area (Å²) in [5.41, 5.74) is 2.33. The first-order chi connectivity index (χ1) is 8.69. The second-order valence-electron chi connectivity index (χ2n) is 4.64. The van der Waals surface area contributed by atoms with Gasteiger partial charge in [-0.15, -0.1) is 0 Å². The highest BCUT2D eigenvalue weighted by atomic mass is 35.5. The smallest absolute Gasteiger partial charge is 0.179 e. The van der Waals surface area contributed by atoms with Crippen LogP contribution in [0.3, 0.4) is 0 Å². The van der Waals surface area contributed by atoms with Gasteiger partial charge in [-0.3, -0.25) is 0 Å². The van der Waals surface area contributed by atoms with Crippen molar-refractivity contribution in [3.05, 3.63) is 22.2 Å². The van der Waals surface area contributed by atoms with Crippen LogP contribution in [0.5, 0.6) is 11.5 Å².